The average Bonchev–Trinajstić information content (AvgIpc) is 2.47. The molecule has 0 aliphatic rings. The van der Waals surface area contributed by atoms with Crippen LogP contribution in [0, 0.1) is 0 Å². The SMILES string of the molecule is COc1ccccc1-c1cc2ccccc2c(N)n1. The first kappa shape index (κ1) is 11.5. The lowest BCUT2D eigenvalue weighted by molar-refractivity contribution is 0.416. The summed E-state index contributed by atoms with van der Waals surface area (Å²) < 4.78 is 5.37. The predicted molar refractivity (Wildman–Crippen MR) is 78.1 cm³/mol. The van der Waals surface area contributed by atoms with Gasteiger partial charge < -0.3 is 10.5 Å². The van der Waals surface area contributed by atoms with Gasteiger partial charge in [0.2, 0.25) is 0 Å². The molecule has 3 heteroatoms. The van der Waals surface area contributed by atoms with Crippen LogP contribution < -0.4 is 10.5 Å². The maximum absolute atomic E-state index is 6.03. The Morgan fingerprint density at radius 3 is 2.58 bits per heavy atom. The summed E-state index contributed by atoms with van der Waals surface area (Å²) in [5.41, 5.74) is 7.81. The minimum atomic E-state index is 0.541. The molecule has 0 amide bonds. The van der Waals surface area contributed by atoms with Gasteiger partial charge in [-0.3, -0.25) is 0 Å². The first-order valence-corrected chi connectivity index (χ1v) is 6.08. The van der Waals surface area contributed by atoms with Crippen LogP contribution in [0.1, 0.15) is 0 Å². The van der Waals surface area contributed by atoms with Gasteiger partial charge in [-0.1, -0.05) is 36.4 Å². The smallest absolute Gasteiger partial charge is 0.131 e. The Balaban J connectivity index is 2.26. The van der Waals surface area contributed by atoms with Gasteiger partial charge in [-0.25, -0.2) is 4.98 Å². The molecule has 3 rings (SSSR count). The van der Waals surface area contributed by atoms with E-state index in [0.717, 1.165) is 27.8 Å². The van der Waals surface area contributed by atoms with Gasteiger partial charge in [0.25, 0.3) is 0 Å². The Labute approximate surface area is 111 Å². The quantitative estimate of drug-likeness (QED) is 0.757. The minimum Gasteiger partial charge on any atom is -0.496 e. The number of nitrogens with zero attached hydrogens (tertiary/aromatic N) is 1. The summed E-state index contributed by atoms with van der Waals surface area (Å²) in [5.74, 6) is 1.34. The number of hydrogen-bond acceptors (Lipinski definition) is 3. The third-order valence-electron chi connectivity index (χ3n) is 3.15. The molecular weight excluding hydrogens is 236 g/mol. The largest absolute Gasteiger partial charge is 0.496 e. The molecule has 0 spiro atoms. The van der Waals surface area contributed by atoms with Gasteiger partial charge in [-0.15, -0.1) is 0 Å². The molecule has 2 aromatic carbocycles. The van der Waals surface area contributed by atoms with E-state index in [1.165, 1.54) is 0 Å². The number of hydrogen-bond donors (Lipinski definition) is 1. The Kier molecular flexibility index (Phi) is 2.80. The van der Waals surface area contributed by atoms with E-state index in [0.29, 0.717) is 5.82 Å². The van der Waals surface area contributed by atoms with Crippen molar-refractivity contribution in [2.45, 2.75) is 0 Å². The zero-order valence-corrected chi connectivity index (χ0v) is 10.6. The summed E-state index contributed by atoms with van der Waals surface area (Å²) in [6.07, 6.45) is 0. The lowest BCUT2D eigenvalue weighted by Crippen LogP contribution is -1.95. The van der Waals surface area contributed by atoms with Crippen molar-refractivity contribution in [1.29, 1.82) is 0 Å². The summed E-state index contributed by atoms with van der Waals surface area (Å²) >= 11 is 0. The number of fused-ring (bicyclic) bond motifs is 1. The van der Waals surface area contributed by atoms with Gasteiger partial charge in [0, 0.05) is 10.9 Å². The van der Waals surface area contributed by atoms with E-state index < -0.39 is 0 Å². The molecule has 2 N–H and O–H groups in total. The van der Waals surface area contributed by atoms with E-state index in [-0.39, 0.29) is 0 Å². The van der Waals surface area contributed by atoms with Crippen LogP contribution in [0.5, 0.6) is 5.75 Å². The number of pyridine rings is 1. The molecule has 1 aromatic heterocycles. The standard InChI is InChI=1S/C16H14N2O/c1-19-15-9-5-4-8-13(15)14-10-11-6-2-3-7-12(11)16(17)18-14/h2-10H,1H3,(H2,17,18). The van der Waals surface area contributed by atoms with E-state index in [2.05, 4.69) is 4.98 Å². The second kappa shape index (κ2) is 4.61. The summed E-state index contributed by atoms with van der Waals surface area (Å²) in [5, 5.41) is 2.05. The average molecular weight is 250 g/mol. The number of nitrogen functional groups attached to an aromatic ring is 1. The van der Waals surface area contributed by atoms with E-state index >= 15 is 0 Å². The monoisotopic (exact) mass is 250 g/mol. The van der Waals surface area contributed by atoms with Crippen LogP contribution in [0.3, 0.4) is 0 Å². The van der Waals surface area contributed by atoms with Crippen LogP contribution in [0.25, 0.3) is 22.0 Å². The second-order valence-electron chi connectivity index (χ2n) is 4.31. The fourth-order valence-corrected chi connectivity index (χ4v) is 2.22. The number of ether oxygens (including phenoxy) is 1. The number of nitrogens with two attached hydrogens (primary N) is 1. The Morgan fingerprint density at radius 1 is 1.00 bits per heavy atom. The molecule has 0 atom stereocenters. The number of anilines is 1. The third-order valence-corrected chi connectivity index (χ3v) is 3.15. The van der Waals surface area contributed by atoms with Gasteiger partial charge in [0.1, 0.15) is 11.6 Å². The number of para-hydroxylation sites is 1. The van der Waals surface area contributed by atoms with Crippen molar-refractivity contribution in [1.82, 2.24) is 4.98 Å². The molecule has 19 heavy (non-hydrogen) atoms. The van der Waals surface area contributed by atoms with E-state index in [4.69, 9.17) is 10.5 Å². The van der Waals surface area contributed by atoms with E-state index in [1.54, 1.807) is 7.11 Å². The summed E-state index contributed by atoms with van der Waals surface area (Å²) in [4.78, 5) is 4.48. The van der Waals surface area contributed by atoms with Crippen molar-refractivity contribution in [3.63, 3.8) is 0 Å². The van der Waals surface area contributed by atoms with Crippen LogP contribution in [-0.4, -0.2) is 12.1 Å². The molecule has 0 fully saturated rings. The molecule has 0 unspecified atom stereocenters. The highest BCUT2D eigenvalue weighted by molar-refractivity contribution is 5.94. The molecule has 94 valence electrons. The summed E-state index contributed by atoms with van der Waals surface area (Å²) in [7, 11) is 1.66. The number of methoxy groups -OCH3 is 1. The van der Waals surface area contributed by atoms with Crippen LogP contribution in [-0.2, 0) is 0 Å². The molecular formula is C16H14N2O. The molecule has 0 saturated carbocycles. The van der Waals surface area contributed by atoms with Crippen LogP contribution in [0.15, 0.2) is 54.6 Å². The first-order valence-electron chi connectivity index (χ1n) is 6.08. The number of benzene rings is 2. The lowest BCUT2D eigenvalue weighted by Gasteiger charge is -2.10. The first-order chi connectivity index (χ1) is 9.29. The maximum Gasteiger partial charge on any atom is 0.131 e. The lowest BCUT2D eigenvalue weighted by atomic mass is 10.1. The molecule has 0 radical (unpaired) electrons. The number of rotatable bonds is 2. The Hall–Kier alpha value is -2.55. The zero-order valence-electron chi connectivity index (χ0n) is 10.6. The van der Waals surface area contributed by atoms with Gasteiger partial charge in [-0.05, 0) is 23.6 Å². The highest BCUT2D eigenvalue weighted by atomic mass is 16.5. The molecule has 1 heterocycles. The van der Waals surface area contributed by atoms with Crippen LogP contribution in [0.2, 0.25) is 0 Å². The van der Waals surface area contributed by atoms with E-state index in [9.17, 15) is 0 Å². The minimum absolute atomic E-state index is 0.541. The highest BCUT2D eigenvalue weighted by Crippen LogP contribution is 2.31. The Bertz CT molecular complexity index is 738. The highest BCUT2D eigenvalue weighted by Gasteiger charge is 2.09. The van der Waals surface area contributed by atoms with Gasteiger partial charge >= 0.3 is 0 Å². The fraction of sp³-hybridized carbons (Fsp3) is 0.0625. The molecule has 3 nitrogen and oxygen atoms in total. The van der Waals surface area contributed by atoms with Gasteiger partial charge in [0.15, 0.2) is 0 Å². The Morgan fingerprint density at radius 2 is 1.74 bits per heavy atom. The van der Waals surface area contributed by atoms with Gasteiger partial charge in [0.05, 0.1) is 12.8 Å². The second-order valence-corrected chi connectivity index (χ2v) is 4.31. The van der Waals surface area contributed by atoms with E-state index in [1.807, 2.05) is 54.6 Å². The normalized spacial score (nSPS) is 10.6. The molecule has 0 saturated heterocycles. The van der Waals surface area contributed by atoms with Gasteiger partial charge in [-0.2, -0.15) is 0 Å². The molecule has 0 bridgehead atoms. The summed E-state index contributed by atoms with van der Waals surface area (Å²) in [6.45, 7) is 0. The fourth-order valence-electron chi connectivity index (χ4n) is 2.22. The van der Waals surface area contributed by atoms with Crippen molar-refractivity contribution in [2.24, 2.45) is 0 Å². The molecule has 0 aliphatic carbocycles. The van der Waals surface area contributed by atoms with Crippen molar-refractivity contribution in [2.75, 3.05) is 12.8 Å². The number of aromatic nitrogens is 1. The molecule has 0 aliphatic heterocycles. The van der Waals surface area contributed by atoms with Crippen LogP contribution in [0.4, 0.5) is 5.82 Å². The maximum atomic E-state index is 6.03. The molecule has 3 aromatic rings. The van der Waals surface area contributed by atoms with Crippen molar-refractivity contribution >= 4 is 16.6 Å². The van der Waals surface area contributed by atoms with Crippen molar-refractivity contribution in [3.05, 3.63) is 54.6 Å². The van der Waals surface area contributed by atoms with Crippen molar-refractivity contribution < 1.29 is 4.74 Å². The summed E-state index contributed by atoms with van der Waals surface area (Å²) in [6, 6.07) is 17.8. The predicted octanol–water partition coefficient (Wildman–Crippen LogP) is 3.49. The zero-order chi connectivity index (χ0) is 13.2. The van der Waals surface area contributed by atoms with Crippen molar-refractivity contribution in [3.8, 4) is 17.0 Å². The third kappa shape index (κ3) is 1.99. The van der Waals surface area contributed by atoms with Crippen LogP contribution >= 0.6 is 0 Å². The topological polar surface area (TPSA) is 48.1 Å².